The van der Waals surface area contributed by atoms with Crippen molar-refractivity contribution in [2.45, 2.75) is 19.9 Å². The van der Waals surface area contributed by atoms with E-state index in [2.05, 4.69) is 21.0 Å². The predicted molar refractivity (Wildman–Crippen MR) is 80.0 cm³/mol. The first kappa shape index (κ1) is 15.0. The summed E-state index contributed by atoms with van der Waals surface area (Å²) < 4.78 is 12.5. The molecule has 6 heteroatoms. The summed E-state index contributed by atoms with van der Waals surface area (Å²) in [6.45, 7) is 3.37. The molecule has 108 valence electrons. The van der Waals surface area contributed by atoms with E-state index in [9.17, 15) is 4.79 Å². The number of aryl methyl sites for hydroxylation is 2. The SMILES string of the molecule is COCCCn1nc(Br)c2c(C)cc(C(=O)OC)cc21. The van der Waals surface area contributed by atoms with Crippen molar-refractivity contribution < 1.29 is 14.3 Å². The van der Waals surface area contributed by atoms with E-state index < -0.39 is 0 Å². The lowest BCUT2D eigenvalue weighted by atomic mass is 10.1. The van der Waals surface area contributed by atoms with Gasteiger partial charge in [0.1, 0.15) is 4.60 Å². The predicted octanol–water partition coefficient (Wildman–Crippen LogP) is 2.93. The van der Waals surface area contributed by atoms with E-state index in [1.54, 1.807) is 7.11 Å². The molecule has 1 aromatic carbocycles. The van der Waals surface area contributed by atoms with Gasteiger partial charge < -0.3 is 9.47 Å². The van der Waals surface area contributed by atoms with Crippen LogP contribution in [0.1, 0.15) is 22.3 Å². The van der Waals surface area contributed by atoms with Gasteiger partial charge in [0.25, 0.3) is 0 Å². The van der Waals surface area contributed by atoms with Crippen LogP contribution in [-0.4, -0.2) is 36.6 Å². The van der Waals surface area contributed by atoms with Crippen LogP contribution in [0, 0.1) is 6.92 Å². The van der Waals surface area contributed by atoms with Gasteiger partial charge in [0.05, 0.1) is 18.2 Å². The Bertz CT molecular complexity index is 637. The second-order valence-corrected chi connectivity index (χ2v) is 5.29. The third-order valence-corrected chi connectivity index (χ3v) is 3.70. The first-order valence-corrected chi connectivity index (χ1v) is 7.11. The van der Waals surface area contributed by atoms with Crippen molar-refractivity contribution >= 4 is 32.8 Å². The minimum absolute atomic E-state index is 0.337. The summed E-state index contributed by atoms with van der Waals surface area (Å²) in [5.74, 6) is -0.337. The molecule has 0 N–H and O–H groups in total. The van der Waals surface area contributed by atoms with Gasteiger partial charge in [-0.15, -0.1) is 0 Å². The molecule has 0 spiro atoms. The number of halogens is 1. The number of carbonyl (C=O) groups excluding carboxylic acids is 1. The number of hydrogen-bond donors (Lipinski definition) is 0. The number of methoxy groups -OCH3 is 2. The van der Waals surface area contributed by atoms with Gasteiger partial charge in [-0.05, 0) is 47.0 Å². The number of nitrogens with zero attached hydrogens (tertiary/aromatic N) is 2. The molecule has 2 rings (SSSR count). The highest BCUT2D eigenvalue weighted by Gasteiger charge is 2.15. The van der Waals surface area contributed by atoms with Gasteiger partial charge in [0, 0.05) is 25.6 Å². The number of benzene rings is 1. The van der Waals surface area contributed by atoms with Crippen molar-refractivity contribution in [1.29, 1.82) is 0 Å². The Hall–Kier alpha value is -1.40. The summed E-state index contributed by atoms with van der Waals surface area (Å²) in [7, 11) is 3.06. The Morgan fingerprint density at radius 1 is 1.40 bits per heavy atom. The zero-order valence-electron chi connectivity index (χ0n) is 11.8. The fraction of sp³-hybridized carbons (Fsp3) is 0.429. The Morgan fingerprint density at radius 3 is 2.80 bits per heavy atom. The van der Waals surface area contributed by atoms with Gasteiger partial charge in [-0.25, -0.2) is 4.79 Å². The van der Waals surface area contributed by atoms with Gasteiger partial charge in [-0.1, -0.05) is 0 Å². The van der Waals surface area contributed by atoms with Crippen LogP contribution in [-0.2, 0) is 16.0 Å². The maximum atomic E-state index is 11.7. The highest BCUT2D eigenvalue weighted by molar-refractivity contribution is 9.10. The van der Waals surface area contributed by atoms with E-state index in [4.69, 9.17) is 9.47 Å². The standard InChI is InChI=1S/C14H17BrN2O3/c1-9-7-10(14(18)20-3)8-11-12(9)13(15)16-17(11)5-4-6-19-2/h7-8H,4-6H2,1-3H3. The molecule has 0 aliphatic heterocycles. The average Bonchev–Trinajstić information content (AvgIpc) is 2.75. The van der Waals surface area contributed by atoms with Gasteiger partial charge in [-0.3, -0.25) is 4.68 Å². The molecule has 0 aliphatic rings. The monoisotopic (exact) mass is 340 g/mol. The van der Waals surface area contributed by atoms with Crippen molar-refractivity contribution in [2.75, 3.05) is 20.8 Å². The van der Waals surface area contributed by atoms with Crippen LogP contribution >= 0.6 is 15.9 Å². The Morgan fingerprint density at radius 2 is 2.15 bits per heavy atom. The van der Waals surface area contributed by atoms with Crippen LogP contribution in [0.15, 0.2) is 16.7 Å². The van der Waals surface area contributed by atoms with E-state index in [0.29, 0.717) is 12.2 Å². The van der Waals surface area contributed by atoms with Crippen molar-refractivity contribution in [1.82, 2.24) is 9.78 Å². The molecule has 0 fully saturated rings. The Kier molecular flexibility index (Phi) is 4.77. The second kappa shape index (κ2) is 6.37. The number of fused-ring (bicyclic) bond motifs is 1. The van der Waals surface area contributed by atoms with Gasteiger partial charge in [-0.2, -0.15) is 5.10 Å². The smallest absolute Gasteiger partial charge is 0.337 e. The Labute approximate surface area is 126 Å². The summed E-state index contributed by atoms with van der Waals surface area (Å²) in [4.78, 5) is 11.7. The number of rotatable bonds is 5. The molecule has 0 radical (unpaired) electrons. The largest absolute Gasteiger partial charge is 0.465 e. The fourth-order valence-electron chi connectivity index (χ4n) is 2.22. The van der Waals surface area contributed by atoms with Crippen LogP contribution in [0.25, 0.3) is 10.9 Å². The number of esters is 1. The van der Waals surface area contributed by atoms with Gasteiger partial charge in [0.15, 0.2) is 0 Å². The van der Waals surface area contributed by atoms with E-state index in [-0.39, 0.29) is 5.97 Å². The number of aromatic nitrogens is 2. The quantitative estimate of drug-likeness (QED) is 0.620. The maximum absolute atomic E-state index is 11.7. The molecule has 0 aliphatic carbocycles. The van der Waals surface area contributed by atoms with E-state index in [0.717, 1.165) is 34.0 Å². The van der Waals surface area contributed by atoms with Crippen molar-refractivity contribution in [2.24, 2.45) is 0 Å². The van der Waals surface area contributed by atoms with Crippen LogP contribution in [0.2, 0.25) is 0 Å². The molecule has 0 saturated carbocycles. The molecule has 0 bridgehead atoms. The molecule has 0 saturated heterocycles. The Balaban J connectivity index is 2.48. The minimum atomic E-state index is -0.337. The van der Waals surface area contributed by atoms with Gasteiger partial charge >= 0.3 is 5.97 Å². The molecular formula is C14H17BrN2O3. The molecular weight excluding hydrogens is 324 g/mol. The summed E-state index contributed by atoms with van der Waals surface area (Å²) in [5, 5.41) is 5.50. The fourth-order valence-corrected chi connectivity index (χ4v) is 2.92. The summed E-state index contributed by atoms with van der Waals surface area (Å²) in [6.07, 6.45) is 0.862. The summed E-state index contributed by atoms with van der Waals surface area (Å²) in [6, 6.07) is 3.64. The molecule has 0 unspecified atom stereocenters. The van der Waals surface area contributed by atoms with Crippen LogP contribution < -0.4 is 0 Å². The maximum Gasteiger partial charge on any atom is 0.337 e. The molecule has 2 aromatic rings. The second-order valence-electron chi connectivity index (χ2n) is 4.54. The molecule has 0 amide bonds. The van der Waals surface area contributed by atoms with Crippen molar-refractivity contribution in [3.63, 3.8) is 0 Å². The molecule has 1 heterocycles. The van der Waals surface area contributed by atoms with E-state index in [1.807, 2.05) is 23.7 Å². The lowest BCUT2D eigenvalue weighted by Gasteiger charge is -2.06. The summed E-state index contributed by atoms with van der Waals surface area (Å²) in [5.41, 5.74) is 2.46. The lowest BCUT2D eigenvalue weighted by molar-refractivity contribution is 0.0601. The van der Waals surface area contributed by atoms with Crippen LogP contribution in [0.4, 0.5) is 0 Å². The third kappa shape index (κ3) is 2.86. The van der Waals surface area contributed by atoms with Crippen LogP contribution in [0.3, 0.4) is 0 Å². The number of ether oxygens (including phenoxy) is 2. The zero-order valence-corrected chi connectivity index (χ0v) is 13.4. The molecule has 0 atom stereocenters. The number of carbonyl (C=O) groups is 1. The summed E-state index contributed by atoms with van der Waals surface area (Å²) >= 11 is 3.48. The number of hydrogen-bond acceptors (Lipinski definition) is 4. The normalized spacial score (nSPS) is 11.0. The topological polar surface area (TPSA) is 53.4 Å². The first-order valence-electron chi connectivity index (χ1n) is 6.32. The molecule has 1 aromatic heterocycles. The van der Waals surface area contributed by atoms with E-state index in [1.165, 1.54) is 7.11 Å². The zero-order chi connectivity index (χ0) is 14.7. The van der Waals surface area contributed by atoms with E-state index >= 15 is 0 Å². The minimum Gasteiger partial charge on any atom is -0.465 e. The average molecular weight is 341 g/mol. The van der Waals surface area contributed by atoms with Crippen molar-refractivity contribution in [3.05, 3.63) is 27.9 Å². The molecule has 20 heavy (non-hydrogen) atoms. The molecule has 5 nitrogen and oxygen atoms in total. The van der Waals surface area contributed by atoms with Gasteiger partial charge in [0.2, 0.25) is 0 Å². The third-order valence-electron chi connectivity index (χ3n) is 3.15. The first-order chi connectivity index (χ1) is 9.58. The highest BCUT2D eigenvalue weighted by Crippen LogP contribution is 2.28. The highest BCUT2D eigenvalue weighted by atomic mass is 79.9. The van der Waals surface area contributed by atoms with Crippen LogP contribution in [0.5, 0.6) is 0 Å². The lowest BCUT2D eigenvalue weighted by Crippen LogP contribution is -2.05. The van der Waals surface area contributed by atoms with Crippen molar-refractivity contribution in [3.8, 4) is 0 Å².